The maximum atomic E-state index is 3.77. The van der Waals surface area contributed by atoms with Gasteiger partial charge in [-0.2, -0.15) is 11.8 Å². The molecule has 0 aromatic rings. The molecule has 0 amide bonds. The monoisotopic (exact) mass is 312 g/mol. The van der Waals surface area contributed by atoms with Crippen LogP contribution in [0.1, 0.15) is 65.7 Å². The summed E-state index contributed by atoms with van der Waals surface area (Å²) in [4.78, 5) is 2.79. The predicted octanol–water partition coefficient (Wildman–Crippen LogP) is 4.15. The van der Waals surface area contributed by atoms with E-state index in [0.717, 1.165) is 5.25 Å². The van der Waals surface area contributed by atoms with Gasteiger partial charge < -0.3 is 10.2 Å². The molecule has 1 unspecified atom stereocenters. The van der Waals surface area contributed by atoms with E-state index in [0.29, 0.717) is 11.5 Å². The zero-order valence-electron chi connectivity index (χ0n) is 14.5. The number of nitrogens with one attached hydrogen (secondary N) is 1. The summed E-state index contributed by atoms with van der Waals surface area (Å²) in [5.74, 6) is 1.34. The third-order valence-electron chi connectivity index (χ3n) is 5.29. The third-order valence-corrected chi connectivity index (χ3v) is 6.66. The van der Waals surface area contributed by atoms with Crippen LogP contribution in [0.5, 0.6) is 0 Å². The van der Waals surface area contributed by atoms with Crippen LogP contribution in [0.4, 0.5) is 0 Å². The van der Waals surface area contributed by atoms with Crippen LogP contribution < -0.4 is 5.32 Å². The molecule has 1 aliphatic carbocycles. The Hall–Kier alpha value is 0.270. The van der Waals surface area contributed by atoms with Crippen molar-refractivity contribution in [3.8, 4) is 0 Å². The van der Waals surface area contributed by atoms with Crippen LogP contribution in [-0.4, -0.2) is 48.1 Å². The van der Waals surface area contributed by atoms with Crippen molar-refractivity contribution >= 4 is 11.8 Å². The molecule has 1 atom stereocenters. The second kappa shape index (κ2) is 8.79. The smallest absolute Gasteiger partial charge is 0.0172 e. The molecular weight excluding hydrogens is 276 g/mol. The fourth-order valence-corrected chi connectivity index (χ4v) is 5.18. The summed E-state index contributed by atoms with van der Waals surface area (Å²) in [6.07, 6.45) is 10.0. The van der Waals surface area contributed by atoms with Crippen molar-refractivity contribution in [3.05, 3.63) is 0 Å². The van der Waals surface area contributed by atoms with Gasteiger partial charge in [-0.15, -0.1) is 0 Å². The Morgan fingerprint density at radius 1 is 1.19 bits per heavy atom. The van der Waals surface area contributed by atoms with Crippen molar-refractivity contribution in [2.75, 3.05) is 31.9 Å². The minimum Gasteiger partial charge on any atom is -0.314 e. The number of hydrogen-bond acceptors (Lipinski definition) is 3. The van der Waals surface area contributed by atoms with E-state index in [1.54, 1.807) is 0 Å². The number of rotatable bonds is 6. The molecule has 0 spiro atoms. The van der Waals surface area contributed by atoms with Crippen molar-refractivity contribution in [2.45, 2.75) is 77.0 Å². The quantitative estimate of drug-likeness (QED) is 0.742. The fourth-order valence-electron chi connectivity index (χ4n) is 3.94. The van der Waals surface area contributed by atoms with Crippen LogP contribution in [0, 0.1) is 5.41 Å². The van der Waals surface area contributed by atoms with Crippen LogP contribution in [0.25, 0.3) is 0 Å². The highest BCUT2D eigenvalue weighted by Gasteiger charge is 2.34. The first-order chi connectivity index (χ1) is 10.1. The highest BCUT2D eigenvalue weighted by molar-refractivity contribution is 8.00. The topological polar surface area (TPSA) is 15.3 Å². The summed E-state index contributed by atoms with van der Waals surface area (Å²) in [5, 5.41) is 4.64. The molecule has 0 radical (unpaired) electrons. The Kier molecular flexibility index (Phi) is 7.37. The summed E-state index contributed by atoms with van der Waals surface area (Å²) in [7, 11) is 0. The molecular formula is C18H36N2S. The highest BCUT2D eigenvalue weighted by atomic mass is 32.2. The van der Waals surface area contributed by atoms with Crippen molar-refractivity contribution in [3.63, 3.8) is 0 Å². The molecule has 1 aliphatic heterocycles. The molecule has 21 heavy (non-hydrogen) atoms. The van der Waals surface area contributed by atoms with Gasteiger partial charge in [0, 0.05) is 43.2 Å². The fraction of sp³-hybridized carbons (Fsp3) is 1.00. The molecule has 1 N–H and O–H groups in total. The Morgan fingerprint density at radius 3 is 2.52 bits per heavy atom. The van der Waals surface area contributed by atoms with Gasteiger partial charge >= 0.3 is 0 Å². The first-order valence-corrected chi connectivity index (χ1v) is 10.3. The second-order valence-corrected chi connectivity index (χ2v) is 8.99. The zero-order valence-corrected chi connectivity index (χ0v) is 15.3. The summed E-state index contributed by atoms with van der Waals surface area (Å²) < 4.78 is 0. The highest BCUT2D eigenvalue weighted by Crippen LogP contribution is 2.36. The van der Waals surface area contributed by atoms with Gasteiger partial charge in [-0.3, -0.25) is 0 Å². The lowest BCUT2D eigenvalue weighted by atomic mass is 9.79. The minimum atomic E-state index is 0.543. The van der Waals surface area contributed by atoms with E-state index in [1.165, 1.54) is 76.9 Å². The lowest BCUT2D eigenvalue weighted by Gasteiger charge is -2.41. The molecule has 1 saturated heterocycles. The van der Waals surface area contributed by atoms with Crippen LogP contribution >= 0.6 is 11.8 Å². The standard InChI is InChI=1S/C18H36N2S/c1-4-17-13-20(11-12-21-17)15-18(14-19-16(2)3)9-7-5-6-8-10-18/h16-17,19H,4-15H2,1-3H3. The van der Waals surface area contributed by atoms with Gasteiger partial charge in [-0.05, 0) is 24.7 Å². The Balaban J connectivity index is 1.96. The van der Waals surface area contributed by atoms with Gasteiger partial charge in [0.1, 0.15) is 0 Å². The molecule has 1 saturated carbocycles. The van der Waals surface area contributed by atoms with E-state index in [-0.39, 0.29) is 0 Å². The van der Waals surface area contributed by atoms with Crippen LogP contribution in [0.3, 0.4) is 0 Å². The lowest BCUT2D eigenvalue weighted by molar-refractivity contribution is 0.126. The van der Waals surface area contributed by atoms with E-state index < -0.39 is 0 Å². The maximum Gasteiger partial charge on any atom is 0.0172 e. The van der Waals surface area contributed by atoms with Gasteiger partial charge in [-0.1, -0.05) is 46.5 Å². The molecule has 2 fully saturated rings. The first kappa shape index (κ1) is 17.6. The SMILES string of the molecule is CCC1CN(CC2(CNC(C)C)CCCCCC2)CCS1. The van der Waals surface area contributed by atoms with E-state index in [2.05, 4.69) is 42.7 Å². The van der Waals surface area contributed by atoms with Gasteiger partial charge in [-0.25, -0.2) is 0 Å². The molecule has 124 valence electrons. The molecule has 2 rings (SSSR count). The van der Waals surface area contributed by atoms with Gasteiger partial charge in [0.15, 0.2) is 0 Å². The zero-order chi connectivity index (χ0) is 15.1. The van der Waals surface area contributed by atoms with Crippen molar-refractivity contribution in [1.82, 2.24) is 10.2 Å². The van der Waals surface area contributed by atoms with E-state index in [1.807, 2.05) is 0 Å². The Labute approximate surface area is 136 Å². The van der Waals surface area contributed by atoms with E-state index in [9.17, 15) is 0 Å². The van der Waals surface area contributed by atoms with Crippen molar-refractivity contribution < 1.29 is 0 Å². The largest absolute Gasteiger partial charge is 0.314 e. The average molecular weight is 313 g/mol. The van der Waals surface area contributed by atoms with Crippen molar-refractivity contribution in [2.24, 2.45) is 5.41 Å². The maximum absolute atomic E-state index is 3.77. The Bertz CT molecular complexity index is 285. The second-order valence-electron chi connectivity index (χ2n) is 7.59. The van der Waals surface area contributed by atoms with Gasteiger partial charge in [0.25, 0.3) is 0 Å². The first-order valence-electron chi connectivity index (χ1n) is 9.21. The number of hydrogen-bond donors (Lipinski definition) is 1. The molecule has 0 aromatic carbocycles. The van der Waals surface area contributed by atoms with Crippen LogP contribution in [0.2, 0.25) is 0 Å². The summed E-state index contributed by atoms with van der Waals surface area (Å²) in [6.45, 7) is 12.1. The average Bonchev–Trinajstić information content (AvgIpc) is 2.71. The van der Waals surface area contributed by atoms with E-state index >= 15 is 0 Å². The van der Waals surface area contributed by atoms with Crippen LogP contribution in [-0.2, 0) is 0 Å². The summed E-state index contributed by atoms with van der Waals surface area (Å²) in [6, 6.07) is 0.616. The molecule has 2 aliphatic rings. The summed E-state index contributed by atoms with van der Waals surface area (Å²) >= 11 is 2.19. The summed E-state index contributed by atoms with van der Waals surface area (Å²) in [5.41, 5.74) is 0.543. The van der Waals surface area contributed by atoms with Gasteiger partial charge in [0.05, 0.1) is 0 Å². The van der Waals surface area contributed by atoms with E-state index in [4.69, 9.17) is 0 Å². The lowest BCUT2D eigenvalue weighted by Crippen LogP contribution is -2.49. The number of thioether (sulfide) groups is 1. The molecule has 1 heterocycles. The van der Waals surface area contributed by atoms with Crippen molar-refractivity contribution in [1.29, 1.82) is 0 Å². The van der Waals surface area contributed by atoms with Crippen LogP contribution in [0.15, 0.2) is 0 Å². The molecule has 2 nitrogen and oxygen atoms in total. The normalized spacial score (nSPS) is 27.7. The molecule has 0 aromatic heterocycles. The molecule has 3 heteroatoms. The molecule has 0 bridgehead atoms. The third kappa shape index (κ3) is 5.76. The minimum absolute atomic E-state index is 0.543. The van der Waals surface area contributed by atoms with Gasteiger partial charge in [0.2, 0.25) is 0 Å². The number of nitrogens with zero attached hydrogens (tertiary/aromatic N) is 1. The predicted molar refractivity (Wildman–Crippen MR) is 96.3 cm³/mol. The Morgan fingerprint density at radius 2 is 1.90 bits per heavy atom.